The molecule has 0 fully saturated rings. The summed E-state index contributed by atoms with van der Waals surface area (Å²) < 4.78 is 10.5. The largest absolute Gasteiger partial charge is 0.492 e. The summed E-state index contributed by atoms with van der Waals surface area (Å²) in [4.78, 5) is 21.6. The van der Waals surface area contributed by atoms with E-state index < -0.39 is 11.2 Å². The van der Waals surface area contributed by atoms with Crippen molar-refractivity contribution < 1.29 is 24.2 Å². The van der Waals surface area contributed by atoms with Gasteiger partial charge in [-0.15, -0.1) is 0 Å². The molecule has 0 unspecified atom stereocenters. The standard InChI is InChI=1S/C9H7ClO2.C9H8O3/c2*10-9(11)7-3-1-2-6-4-5-12-8(6)7/h1-3H,4-5H2;1-3H,4-5H2,(H,10,11). The van der Waals surface area contributed by atoms with Gasteiger partial charge in [0.1, 0.15) is 17.1 Å². The molecule has 0 aromatic heterocycles. The number of carboxylic acids is 1. The van der Waals surface area contributed by atoms with Gasteiger partial charge >= 0.3 is 5.97 Å². The van der Waals surface area contributed by atoms with Crippen LogP contribution in [0.5, 0.6) is 11.5 Å². The van der Waals surface area contributed by atoms with E-state index in [-0.39, 0.29) is 5.56 Å². The minimum absolute atomic E-state index is 0.269. The van der Waals surface area contributed by atoms with Gasteiger partial charge < -0.3 is 14.6 Å². The Labute approximate surface area is 143 Å². The first-order valence-electron chi connectivity index (χ1n) is 7.50. The Morgan fingerprint density at radius 1 is 0.875 bits per heavy atom. The fourth-order valence-electron chi connectivity index (χ4n) is 2.75. The highest BCUT2D eigenvalue weighted by atomic mass is 35.5. The van der Waals surface area contributed by atoms with Crippen LogP contribution in [-0.4, -0.2) is 29.5 Å². The van der Waals surface area contributed by atoms with Crippen LogP contribution in [-0.2, 0) is 12.8 Å². The third kappa shape index (κ3) is 3.21. The summed E-state index contributed by atoms with van der Waals surface area (Å²) in [5.41, 5.74) is 2.81. The fourth-order valence-corrected chi connectivity index (χ4v) is 2.90. The maximum absolute atomic E-state index is 10.9. The predicted octanol–water partition coefficient (Wildman–Crippen LogP) is 3.32. The second kappa shape index (κ2) is 6.93. The first-order chi connectivity index (χ1) is 11.6. The molecular weight excluding hydrogens is 332 g/mol. The number of carbonyl (C=O) groups is 2. The average molecular weight is 347 g/mol. The minimum atomic E-state index is -0.922. The number of ether oxygens (including phenoxy) is 2. The molecule has 2 aromatic rings. The third-order valence-corrected chi connectivity index (χ3v) is 4.07. The number of carboxylic acid groups (broad SMARTS) is 1. The smallest absolute Gasteiger partial charge is 0.339 e. The number of hydrogen-bond donors (Lipinski definition) is 1. The van der Waals surface area contributed by atoms with Gasteiger partial charge in [0, 0.05) is 12.8 Å². The Kier molecular flexibility index (Phi) is 4.71. The summed E-state index contributed by atoms with van der Waals surface area (Å²) in [6, 6.07) is 10.7. The lowest BCUT2D eigenvalue weighted by Gasteiger charge is -2.01. The Morgan fingerprint density at radius 3 is 1.88 bits per heavy atom. The second-order valence-electron chi connectivity index (χ2n) is 5.36. The number of halogens is 1. The van der Waals surface area contributed by atoms with Crippen LogP contribution >= 0.6 is 11.6 Å². The molecule has 0 atom stereocenters. The predicted molar refractivity (Wildman–Crippen MR) is 88.4 cm³/mol. The highest BCUT2D eigenvalue weighted by Crippen LogP contribution is 2.30. The maximum atomic E-state index is 10.9. The summed E-state index contributed by atoms with van der Waals surface area (Å²) in [5.74, 6) is 0.288. The molecule has 5 nitrogen and oxygen atoms in total. The molecule has 2 aliphatic rings. The van der Waals surface area contributed by atoms with Crippen LogP contribution in [0.15, 0.2) is 36.4 Å². The molecule has 124 valence electrons. The van der Waals surface area contributed by atoms with Crippen molar-refractivity contribution in [1.29, 1.82) is 0 Å². The molecule has 4 rings (SSSR count). The van der Waals surface area contributed by atoms with Crippen LogP contribution in [0.2, 0.25) is 0 Å². The van der Waals surface area contributed by atoms with E-state index in [0.717, 1.165) is 24.0 Å². The minimum Gasteiger partial charge on any atom is -0.492 e. The zero-order valence-corrected chi connectivity index (χ0v) is 13.5. The Hall–Kier alpha value is -2.53. The number of fused-ring (bicyclic) bond motifs is 2. The molecule has 24 heavy (non-hydrogen) atoms. The maximum Gasteiger partial charge on any atom is 0.339 e. The van der Waals surface area contributed by atoms with Crippen LogP contribution in [0.3, 0.4) is 0 Å². The monoisotopic (exact) mass is 346 g/mol. The summed E-state index contributed by atoms with van der Waals surface area (Å²) in [6.45, 7) is 1.25. The normalized spacial score (nSPS) is 13.7. The Bertz CT molecular complexity index is 732. The summed E-state index contributed by atoms with van der Waals surface area (Å²) in [6.07, 6.45) is 1.68. The molecule has 2 heterocycles. The number of carbonyl (C=O) groups excluding carboxylic acids is 1. The van der Waals surface area contributed by atoms with E-state index in [1.807, 2.05) is 18.2 Å². The van der Waals surface area contributed by atoms with Gasteiger partial charge in [0.25, 0.3) is 5.24 Å². The van der Waals surface area contributed by atoms with Gasteiger partial charge in [-0.3, -0.25) is 4.79 Å². The molecule has 1 N–H and O–H groups in total. The molecule has 0 saturated carbocycles. The first-order valence-corrected chi connectivity index (χ1v) is 7.88. The van der Waals surface area contributed by atoms with Crippen molar-refractivity contribution in [2.24, 2.45) is 0 Å². The quantitative estimate of drug-likeness (QED) is 0.844. The van der Waals surface area contributed by atoms with E-state index in [4.69, 9.17) is 26.2 Å². The van der Waals surface area contributed by atoms with E-state index in [9.17, 15) is 9.59 Å². The molecule has 0 saturated heterocycles. The second-order valence-corrected chi connectivity index (χ2v) is 5.71. The van der Waals surface area contributed by atoms with Gasteiger partial charge in [-0.2, -0.15) is 0 Å². The van der Waals surface area contributed by atoms with Crippen molar-refractivity contribution in [2.45, 2.75) is 12.8 Å². The molecule has 2 aromatic carbocycles. The van der Waals surface area contributed by atoms with Crippen molar-refractivity contribution in [1.82, 2.24) is 0 Å². The van der Waals surface area contributed by atoms with E-state index in [1.54, 1.807) is 18.2 Å². The van der Waals surface area contributed by atoms with Crippen LogP contribution in [0.1, 0.15) is 31.8 Å². The lowest BCUT2D eigenvalue weighted by atomic mass is 10.1. The van der Waals surface area contributed by atoms with Crippen LogP contribution in [0.25, 0.3) is 0 Å². The van der Waals surface area contributed by atoms with Crippen LogP contribution in [0, 0.1) is 0 Å². The van der Waals surface area contributed by atoms with E-state index in [0.29, 0.717) is 30.3 Å². The highest BCUT2D eigenvalue weighted by Gasteiger charge is 2.19. The molecule has 0 amide bonds. The number of para-hydroxylation sites is 2. The van der Waals surface area contributed by atoms with Gasteiger partial charge in [-0.1, -0.05) is 24.3 Å². The van der Waals surface area contributed by atoms with Crippen molar-refractivity contribution in [2.75, 3.05) is 13.2 Å². The molecular formula is C18H15ClO5. The molecule has 0 aliphatic carbocycles. The molecule has 2 aliphatic heterocycles. The number of hydrogen-bond acceptors (Lipinski definition) is 4. The van der Waals surface area contributed by atoms with E-state index >= 15 is 0 Å². The average Bonchev–Trinajstić information content (AvgIpc) is 3.23. The Balaban J connectivity index is 0.000000141. The van der Waals surface area contributed by atoms with E-state index in [1.165, 1.54) is 0 Å². The number of rotatable bonds is 2. The van der Waals surface area contributed by atoms with Crippen LogP contribution < -0.4 is 9.47 Å². The molecule has 0 spiro atoms. The molecule has 6 heteroatoms. The van der Waals surface area contributed by atoms with E-state index in [2.05, 4.69) is 0 Å². The fraction of sp³-hybridized carbons (Fsp3) is 0.222. The zero-order chi connectivity index (χ0) is 17.1. The highest BCUT2D eigenvalue weighted by molar-refractivity contribution is 6.68. The van der Waals surface area contributed by atoms with Gasteiger partial charge in [-0.05, 0) is 34.9 Å². The SMILES string of the molecule is O=C(Cl)c1cccc2c1OCC2.O=C(O)c1cccc2c1OCC2. The summed E-state index contributed by atoms with van der Waals surface area (Å²) in [5, 5.41) is 8.32. The van der Waals surface area contributed by atoms with Crippen molar-refractivity contribution in [3.05, 3.63) is 58.7 Å². The van der Waals surface area contributed by atoms with Crippen molar-refractivity contribution in [3.63, 3.8) is 0 Å². The van der Waals surface area contributed by atoms with Gasteiger partial charge in [0.2, 0.25) is 0 Å². The first kappa shape index (κ1) is 16.3. The third-order valence-electron chi connectivity index (χ3n) is 3.87. The van der Waals surface area contributed by atoms with Crippen LogP contribution in [0.4, 0.5) is 0 Å². The molecule has 0 bridgehead atoms. The summed E-state index contributed by atoms with van der Waals surface area (Å²) >= 11 is 5.37. The van der Waals surface area contributed by atoms with Gasteiger partial charge in [0.05, 0.1) is 18.8 Å². The lowest BCUT2D eigenvalue weighted by Crippen LogP contribution is -1.99. The van der Waals surface area contributed by atoms with Crippen molar-refractivity contribution in [3.8, 4) is 11.5 Å². The number of aromatic carboxylic acids is 1. The topological polar surface area (TPSA) is 72.8 Å². The Morgan fingerprint density at radius 2 is 1.38 bits per heavy atom. The summed E-state index contributed by atoms with van der Waals surface area (Å²) in [7, 11) is 0. The lowest BCUT2D eigenvalue weighted by molar-refractivity contribution is 0.0693. The van der Waals surface area contributed by atoms with Crippen molar-refractivity contribution >= 4 is 22.8 Å². The van der Waals surface area contributed by atoms with Gasteiger partial charge in [0.15, 0.2) is 0 Å². The van der Waals surface area contributed by atoms with Gasteiger partial charge in [-0.25, -0.2) is 4.79 Å². The zero-order valence-electron chi connectivity index (χ0n) is 12.8. The molecule has 0 radical (unpaired) electrons. The number of benzene rings is 2.